The molecule has 1 rings (SSSR count). The number of amides is 1. The van der Waals surface area contributed by atoms with Crippen LogP contribution in [0.1, 0.15) is 24.2 Å². The molecule has 86 valence electrons. The van der Waals surface area contributed by atoms with Gasteiger partial charge in [-0.3, -0.25) is 4.79 Å². The van der Waals surface area contributed by atoms with E-state index in [1.807, 2.05) is 0 Å². The molecule has 16 heavy (non-hydrogen) atoms. The van der Waals surface area contributed by atoms with E-state index in [9.17, 15) is 14.0 Å². The number of carboxylic acid groups (broad SMARTS) is 1. The molecule has 0 heterocycles. The molecule has 0 aliphatic rings. The Balaban J connectivity index is 3.04. The van der Waals surface area contributed by atoms with Crippen molar-refractivity contribution < 1.29 is 19.1 Å². The highest BCUT2D eigenvalue weighted by molar-refractivity contribution is 6.00. The Kier molecular flexibility index (Phi) is 3.60. The van der Waals surface area contributed by atoms with Gasteiger partial charge in [-0.25, -0.2) is 9.18 Å². The summed E-state index contributed by atoms with van der Waals surface area (Å²) >= 11 is 0. The van der Waals surface area contributed by atoms with Gasteiger partial charge in [-0.1, -0.05) is 13.8 Å². The van der Waals surface area contributed by atoms with Crippen molar-refractivity contribution in [2.24, 2.45) is 5.92 Å². The predicted octanol–water partition coefficient (Wildman–Crippen LogP) is 2.12. The lowest BCUT2D eigenvalue weighted by Gasteiger charge is -2.10. The number of nitrogens with one attached hydrogen (secondary N) is 1. The molecule has 1 aromatic rings. The highest BCUT2D eigenvalue weighted by atomic mass is 19.1. The summed E-state index contributed by atoms with van der Waals surface area (Å²) in [7, 11) is 0. The van der Waals surface area contributed by atoms with E-state index in [1.165, 1.54) is 6.07 Å². The molecule has 1 amide bonds. The standard InChI is InChI=1S/C11H12FNO3/c1-6(2)10(14)13-9-4-3-7(12)5-8(9)11(15)16/h3-6H,1-2H3,(H,13,14)(H,15,16). The van der Waals surface area contributed by atoms with E-state index < -0.39 is 11.8 Å². The first-order chi connectivity index (χ1) is 7.41. The van der Waals surface area contributed by atoms with Crippen LogP contribution in [0, 0.1) is 11.7 Å². The minimum Gasteiger partial charge on any atom is -0.478 e. The summed E-state index contributed by atoms with van der Waals surface area (Å²) in [5.74, 6) is -2.51. The Morgan fingerprint density at radius 1 is 1.38 bits per heavy atom. The van der Waals surface area contributed by atoms with Gasteiger partial charge in [-0.2, -0.15) is 0 Å². The highest BCUT2D eigenvalue weighted by Crippen LogP contribution is 2.17. The van der Waals surface area contributed by atoms with Crippen LogP contribution in [0.15, 0.2) is 18.2 Å². The summed E-state index contributed by atoms with van der Waals surface area (Å²) in [5, 5.41) is 11.3. The lowest BCUT2D eigenvalue weighted by atomic mass is 10.1. The van der Waals surface area contributed by atoms with E-state index in [-0.39, 0.29) is 23.1 Å². The van der Waals surface area contributed by atoms with Gasteiger partial charge in [0.1, 0.15) is 5.82 Å². The topological polar surface area (TPSA) is 66.4 Å². The summed E-state index contributed by atoms with van der Waals surface area (Å²) in [6, 6.07) is 3.21. The Morgan fingerprint density at radius 2 is 2.00 bits per heavy atom. The molecule has 0 aromatic heterocycles. The van der Waals surface area contributed by atoms with Gasteiger partial charge in [0.2, 0.25) is 5.91 Å². The van der Waals surface area contributed by atoms with Crippen molar-refractivity contribution in [1.29, 1.82) is 0 Å². The van der Waals surface area contributed by atoms with Crippen molar-refractivity contribution >= 4 is 17.6 Å². The van der Waals surface area contributed by atoms with E-state index in [0.717, 1.165) is 12.1 Å². The third kappa shape index (κ3) is 2.79. The number of carbonyl (C=O) groups excluding carboxylic acids is 1. The summed E-state index contributed by atoms with van der Waals surface area (Å²) in [4.78, 5) is 22.2. The minimum atomic E-state index is -1.28. The number of hydrogen-bond donors (Lipinski definition) is 2. The van der Waals surface area contributed by atoms with Crippen LogP contribution in [0.5, 0.6) is 0 Å². The molecule has 1 aromatic carbocycles. The molecule has 2 N–H and O–H groups in total. The van der Waals surface area contributed by atoms with E-state index >= 15 is 0 Å². The van der Waals surface area contributed by atoms with Crippen molar-refractivity contribution in [2.45, 2.75) is 13.8 Å². The number of carbonyl (C=O) groups is 2. The summed E-state index contributed by atoms with van der Waals surface area (Å²) in [5.41, 5.74) is -0.151. The summed E-state index contributed by atoms with van der Waals surface area (Å²) in [6.45, 7) is 3.36. The maximum atomic E-state index is 12.8. The molecule has 4 nitrogen and oxygen atoms in total. The lowest BCUT2D eigenvalue weighted by molar-refractivity contribution is -0.118. The Hall–Kier alpha value is -1.91. The number of hydrogen-bond acceptors (Lipinski definition) is 2. The first-order valence-corrected chi connectivity index (χ1v) is 4.75. The molecular weight excluding hydrogens is 213 g/mol. The molecule has 0 aliphatic heterocycles. The summed E-state index contributed by atoms with van der Waals surface area (Å²) in [6.07, 6.45) is 0. The average Bonchev–Trinajstić information content (AvgIpc) is 2.20. The number of halogens is 1. The highest BCUT2D eigenvalue weighted by Gasteiger charge is 2.14. The average molecular weight is 225 g/mol. The first-order valence-electron chi connectivity index (χ1n) is 4.75. The third-order valence-electron chi connectivity index (χ3n) is 1.99. The first kappa shape index (κ1) is 12.2. The van der Waals surface area contributed by atoms with Gasteiger partial charge in [0.25, 0.3) is 0 Å². The van der Waals surface area contributed by atoms with E-state index in [1.54, 1.807) is 13.8 Å². The van der Waals surface area contributed by atoms with Gasteiger partial charge in [-0.05, 0) is 18.2 Å². The predicted molar refractivity (Wildman–Crippen MR) is 56.8 cm³/mol. The van der Waals surface area contributed by atoms with Gasteiger partial charge >= 0.3 is 5.97 Å². The van der Waals surface area contributed by atoms with Crippen molar-refractivity contribution in [1.82, 2.24) is 0 Å². The molecule has 0 bridgehead atoms. The van der Waals surface area contributed by atoms with Gasteiger partial charge in [-0.15, -0.1) is 0 Å². The number of carboxylic acids is 1. The number of aromatic carboxylic acids is 1. The van der Waals surface area contributed by atoms with Crippen molar-refractivity contribution in [3.05, 3.63) is 29.6 Å². The second kappa shape index (κ2) is 4.74. The zero-order valence-electron chi connectivity index (χ0n) is 8.95. The smallest absolute Gasteiger partial charge is 0.337 e. The molecule has 0 atom stereocenters. The van der Waals surface area contributed by atoms with Crippen LogP contribution in [0.25, 0.3) is 0 Å². The van der Waals surface area contributed by atoms with Crippen LogP contribution in [0.2, 0.25) is 0 Å². The maximum Gasteiger partial charge on any atom is 0.337 e. The fourth-order valence-electron chi connectivity index (χ4n) is 1.08. The number of benzene rings is 1. The van der Waals surface area contributed by atoms with E-state index in [4.69, 9.17) is 5.11 Å². The Morgan fingerprint density at radius 3 is 2.50 bits per heavy atom. The van der Waals surface area contributed by atoms with Crippen LogP contribution < -0.4 is 5.32 Å². The third-order valence-corrected chi connectivity index (χ3v) is 1.99. The Bertz CT molecular complexity index is 429. The molecule has 0 aliphatic carbocycles. The second-order valence-electron chi connectivity index (χ2n) is 3.64. The zero-order chi connectivity index (χ0) is 12.3. The van der Waals surface area contributed by atoms with Crippen LogP contribution in [0.4, 0.5) is 10.1 Å². The zero-order valence-corrected chi connectivity index (χ0v) is 8.95. The molecule has 0 fully saturated rings. The fraction of sp³-hybridized carbons (Fsp3) is 0.273. The van der Waals surface area contributed by atoms with Crippen LogP contribution in [-0.2, 0) is 4.79 Å². The van der Waals surface area contributed by atoms with Crippen molar-refractivity contribution in [3.8, 4) is 0 Å². The van der Waals surface area contributed by atoms with Crippen molar-refractivity contribution in [3.63, 3.8) is 0 Å². The van der Waals surface area contributed by atoms with Crippen molar-refractivity contribution in [2.75, 3.05) is 5.32 Å². The van der Waals surface area contributed by atoms with Gasteiger partial charge < -0.3 is 10.4 Å². The monoisotopic (exact) mass is 225 g/mol. The van der Waals surface area contributed by atoms with Gasteiger partial charge in [0, 0.05) is 5.92 Å². The van der Waals surface area contributed by atoms with Crippen LogP contribution in [-0.4, -0.2) is 17.0 Å². The van der Waals surface area contributed by atoms with E-state index in [2.05, 4.69) is 5.32 Å². The number of anilines is 1. The van der Waals surface area contributed by atoms with Crippen LogP contribution in [0.3, 0.4) is 0 Å². The molecule has 0 saturated heterocycles. The molecule has 0 radical (unpaired) electrons. The Labute approximate surface area is 92.1 Å². The molecule has 0 saturated carbocycles. The largest absolute Gasteiger partial charge is 0.478 e. The second-order valence-corrected chi connectivity index (χ2v) is 3.64. The van der Waals surface area contributed by atoms with Gasteiger partial charge in [0.15, 0.2) is 0 Å². The normalized spacial score (nSPS) is 10.2. The minimum absolute atomic E-state index is 0.104. The SMILES string of the molecule is CC(C)C(=O)Nc1ccc(F)cc1C(=O)O. The lowest BCUT2D eigenvalue weighted by Crippen LogP contribution is -2.19. The molecular formula is C11H12FNO3. The van der Waals surface area contributed by atoms with E-state index in [0.29, 0.717) is 0 Å². The maximum absolute atomic E-state index is 12.8. The molecule has 0 unspecified atom stereocenters. The number of rotatable bonds is 3. The van der Waals surface area contributed by atoms with Crippen LogP contribution >= 0.6 is 0 Å². The fourth-order valence-corrected chi connectivity index (χ4v) is 1.08. The quantitative estimate of drug-likeness (QED) is 0.827. The molecule has 5 heteroatoms. The molecule has 0 spiro atoms. The van der Waals surface area contributed by atoms with Gasteiger partial charge in [0.05, 0.1) is 11.3 Å². The summed E-state index contributed by atoms with van der Waals surface area (Å²) < 4.78 is 12.8.